The highest BCUT2D eigenvalue weighted by Gasteiger charge is 2.17. The number of aryl methyl sites for hydroxylation is 2. The molecular weight excluding hydrogens is 372 g/mol. The van der Waals surface area contributed by atoms with E-state index in [1.807, 2.05) is 42.1 Å². The number of benzene rings is 1. The maximum Gasteiger partial charge on any atom is 0.199 e. The minimum atomic E-state index is -0.731. The fraction of sp³-hybridized carbons (Fsp3) is 0.381. The Morgan fingerprint density at radius 1 is 1.14 bits per heavy atom. The van der Waals surface area contributed by atoms with Crippen LogP contribution in [0.3, 0.4) is 0 Å². The monoisotopic (exact) mass is 398 g/mol. The van der Waals surface area contributed by atoms with Crippen LogP contribution in [0, 0.1) is 0 Å². The minimum Gasteiger partial charge on any atom is -0.465 e. The van der Waals surface area contributed by atoms with Gasteiger partial charge in [-0.25, -0.2) is 9.97 Å². The van der Waals surface area contributed by atoms with E-state index >= 15 is 0 Å². The van der Waals surface area contributed by atoms with Gasteiger partial charge in [-0.3, -0.25) is 4.79 Å². The van der Waals surface area contributed by atoms with Crippen molar-refractivity contribution in [1.29, 1.82) is 0 Å². The summed E-state index contributed by atoms with van der Waals surface area (Å²) in [5.74, 6) is 1.85. The van der Waals surface area contributed by atoms with Gasteiger partial charge in [-0.15, -0.1) is 0 Å². The van der Waals surface area contributed by atoms with E-state index in [0.29, 0.717) is 11.6 Å². The number of aliphatic hydroxyl groups is 1. The molecule has 1 saturated heterocycles. The molecule has 2 aromatic heterocycles. The number of rotatable bonds is 5. The summed E-state index contributed by atoms with van der Waals surface area (Å²) in [5.41, 5.74) is 0.793. The van der Waals surface area contributed by atoms with Crippen LogP contribution in [0.2, 0.25) is 0 Å². The summed E-state index contributed by atoms with van der Waals surface area (Å²) in [6.07, 6.45) is 9.82. The topological polar surface area (TPSA) is 91.4 Å². The van der Waals surface area contributed by atoms with Gasteiger partial charge in [-0.1, -0.05) is 12.1 Å². The second kappa shape index (κ2) is 9.99. The average Bonchev–Trinajstić information content (AvgIpc) is 3.37. The molecule has 4 rings (SSSR count). The van der Waals surface area contributed by atoms with E-state index in [4.69, 9.17) is 9.47 Å². The first-order valence-electron chi connectivity index (χ1n) is 9.54. The van der Waals surface area contributed by atoms with Gasteiger partial charge >= 0.3 is 0 Å². The molecule has 3 aromatic rings. The lowest BCUT2D eigenvalue weighted by molar-refractivity contribution is -0.105. The van der Waals surface area contributed by atoms with E-state index in [1.54, 1.807) is 30.2 Å². The predicted molar refractivity (Wildman–Crippen MR) is 107 cm³/mol. The lowest BCUT2D eigenvalue weighted by atomic mass is 10.1. The highest BCUT2D eigenvalue weighted by Crippen LogP contribution is 2.24. The van der Waals surface area contributed by atoms with Gasteiger partial charge in [-0.05, 0) is 30.5 Å². The maximum atomic E-state index is 10.3. The molecule has 0 bridgehead atoms. The normalized spacial score (nSPS) is 17.1. The Bertz CT molecular complexity index is 898. The zero-order chi connectivity index (χ0) is 20.6. The van der Waals surface area contributed by atoms with Crippen molar-refractivity contribution in [2.24, 2.45) is 14.1 Å². The molecule has 29 heavy (non-hydrogen) atoms. The van der Waals surface area contributed by atoms with E-state index in [-0.39, 0.29) is 6.29 Å². The van der Waals surface area contributed by atoms with Crippen molar-refractivity contribution in [3.63, 3.8) is 0 Å². The number of ether oxygens (including phenoxy) is 2. The molecule has 1 N–H and O–H groups in total. The van der Waals surface area contributed by atoms with Gasteiger partial charge in [0.15, 0.2) is 18.4 Å². The zero-order valence-corrected chi connectivity index (χ0v) is 16.6. The standard InChI is InChI=1S/C16H20N2O3.C5H6N2O/c1-18-10-9-17-16(18)15(19)12-5-7-13(8-6-12)21-14-4-2-3-11-20-14;1-7-3-2-6-5(7)4-8/h5-10,14-15,19H,2-4,11H2,1H3;2-4H,1H3. The predicted octanol–water partition coefficient (Wildman–Crippen LogP) is 2.64. The Hall–Kier alpha value is -2.97. The van der Waals surface area contributed by atoms with Crippen molar-refractivity contribution < 1.29 is 19.4 Å². The van der Waals surface area contributed by atoms with Crippen LogP contribution in [-0.2, 0) is 18.8 Å². The molecule has 2 atom stereocenters. The third-order valence-electron chi connectivity index (χ3n) is 4.67. The Labute approximate surface area is 169 Å². The summed E-state index contributed by atoms with van der Waals surface area (Å²) in [4.78, 5) is 17.9. The highest BCUT2D eigenvalue weighted by atomic mass is 16.7. The molecule has 0 aliphatic carbocycles. The van der Waals surface area contributed by atoms with Crippen LogP contribution in [0.5, 0.6) is 5.75 Å². The molecule has 1 aliphatic rings. The molecule has 0 amide bonds. The van der Waals surface area contributed by atoms with Crippen LogP contribution in [0.25, 0.3) is 0 Å². The molecule has 0 saturated carbocycles. The van der Waals surface area contributed by atoms with Gasteiger partial charge in [-0.2, -0.15) is 0 Å². The van der Waals surface area contributed by atoms with Crippen molar-refractivity contribution in [2.75, 3.05) is 6.61 Å². The Balaban J connectivity index is 0.000000252. The highest BCUT2D eigenvalue weighted by molar-refractivity contribution is 5.68. The molecule has 154 valence electrons. The number of aliphatic hydroxyl groups excluding tert-OH is 1. The number of hydrogen-bond donors (Lipinski definition) is 1. The van der Waals surface area contributed by atoms with Crippen LogP contribution in [-0.4, -0.2) is 43.4 Å². The molecule has 0 spiro atoms. The van der Waals surface area contributed by atoms with E-state index in [9.17, 15) is 9.90 Å². The molecule has 2 unspecified atom stereocenters. The first-order valence-corrected chi connectivity index (χ1v) is 9.54. The maximum absolute atomic E-state index is 10.3. The second-order valence-electron chi connectivity index (χ2n) is 6.80. The van der Waals surface area contributed by atoms with E-state index in [1.165, 1.54) is 0 Å². The number of hydrogen-bond acceptors (Lipinski definition) is 6. The van der Waals surface area contributed by atoms with Crippen molar-refractivity contribution in [3.05, 3.63) is 66.3 Å². The van der Waals surface area contributed by atoms with E-state index in [2.05, 4.69) is 9.97 Å². The number of imidazole rings is 2. The van der Waals surface area contributed by atoms with Crippen LogP contribution in [0.15, 0.2) is 49.1 Å². The third kappa shape index (κ3) is 5.52. The quantitative estimate of drug-likeness (QED) is 0.665. The molecular formula is C21H26N4O4. The molecule has 8 nitrogen and oxygen atoms in total. The lowest BCUT2D eigenvalue weighted by Gasteiger charge is -2.23. The van der Waals surface area contributed by atoms with Gasteiger partial charge in [0, 0.05) is 45.3 Å². The SMILES string of the molecule is Cn1ccnc1C(O)c1ccc(OC2CCCCO2)cc1.Cn1ccnc1C=O. The van der Waals surface area contributed by atoms with Crippen LogP contribution < -0.4 is 4.74 Å². The molecule has 3 heterocycles. The Kier molecular flexibility index (Phi) is 7.15. The van der Waals surface area contributed by atoms with Gasteiger partial charge in [0.25, 0.3) is 0 Å². The number of carbonyl (C=O) groups is 1. The number of nitrogens with zero attached hydrogens (tertiary/aromatic N) is 4. The van der Waals surface area contributed by atoms with Gasteiger partial charge in [0.2, 0.25) is 0 Å². The smallest absolute Gasteiger partial charge is 0.199 e. The van der Waals surface area contributed by atoms with Gasteiger partial charge < -0.3 is 23.7 Å². The van der Waals surface area contributed by atoms with E-state index < -0.39 is 6.10 Å². The van der Waals surface area contributed by atoms with Crippen molar-refractivity contribution in [1.82, 2.24) is 19.1 Å². The number of carbonyl (C=O) groups excluding carboxylic acids is 1. The van der Waals surface area contributed by atoms with Crippen molar-refractivity contribution in [2.45, 2.75) is 31.7 Å². The summed E-state index contributed by atoms with van der Waals surface area (Å²) < 4.78 is 14.8. The van der Waals surface area contributed by atoms with Crippen LogP contribution >= 0.6 is 0 Å². The first-order chi connectivity index (χ1) is 14.1. The number of aldehydes is 1. The number of aromatic nitrogens is 4. The fourth-order valence-electron chi connectivity index (χ4n) is 2.96. The molecule has 1 fully saturated rings. The molecule has 8 heteroatoms. The summed E-state index contributed by atoms with van der Waals surface area (Å²) >= 11 is 0. The third-order valence-corrected chi connectivity index (χ3v) is 4.67. The fourth-order valence-corrected chi connectivity index (χ4v) is 2.96. The first kappa shape index (κ1) is 20.8. The van der Waals surface area contributed by atoms with Crippen LogP contribution in [0.4, 0.5) is 0 Å². The van der Waals surface area contributed by atoms with Gasteiger partial charge in [0.05, 0.1) is 6.61 Å². The summed E-state index contributed by atoms with van der Waals surface area (Å²) in [6.45, 7) is 0.765. The van der Waals surface area contributed by atoms with Crippen molar-refractivity contribution >= 4 is 6.29 Å². The Morgan fingerprint density at radius 3 is 2.38 bits per heavy atom. The molecule has 1 aromatic carbocycles. The molecule has 1 aliphatic heterocycles. The summed E-state index contributed by atoms with van der Waals surface area (Å²) in [7, 11) is 3.64. The average molecular weight is 398 g/mol. The zero-order valence-electron chi connectivity index (χ0n) is 16.6. The summed E-state index contributed by atoms with van der Waals surface area (Å²) in [5, 5.41) is 10.3. The minimum absolute atomic E-state index is 0.149. The largest absolute Gasteiger partial charge is 0.465 e. The van der Waals surface area contributed by atoms with Gasteiger partial charge in [0.1, 0.15) is 17.7 Å². The summed E-state index contributed by atoms with van der Waals surface area (Å²) in [6, 6.07) is 7.44. The molecule has 0 radical (unpaired) electrons. The van der Waals surface area contributed by atoms with E-state index in [0.717, 1.165) is 43.5 Å². The lowest BCUT2D eigenvalue weighted by Crippen LogP contribution is -2.24. The van der Waals surface area contributed by atoms with Crippen molar-refractivity contribution in [3.8, 4) is 5.75 Å². The second-order valence-corrected chi connectivity index (χ2v) is 6.80. The van der Waals surface area contributed by atoms with Crippen LogP contribution in [0.1, 0.15) is 47.4 Å². The Morgan fingerprint density at radius 2 is 1.86 bits per heavy atom.